The molecule has 0 aromatic carbocycles. The smallest absolute Gasteiger partial charge is 0.215 e. The van der Waals surface area contributed by atoms with E-state index >= 15 is 0 Å². The van der Waals surface area contributed by atoms with Crippen molar-refractivity contribution in [2.45, 2.75) is 45.3 Å². The molecule has 0 aromatic heterocycles. The van der Waals surface area contributed by atoms with Gasteiger partial charge in [0.2, 0.25) is 6.29 Å². The van der Waals surface area contributed by atoms with Crippen LogP contribution in [-0.2, 0) is 9.68 Å². The summed E-state index contributed by atoms with van der Waals surface area (Å²) in [5, 5.41) is 0. The van der Waals surface area contributed by atoms with Gasteiger partial charge in [-0.25, -0.2) is 0 Å². The van der Waals surface area contributed by atoms with Crippen molar-refractivity contribution in [3.8, 4) is 0 Å². The Bertz CT molecular complexity index is 117. The standard InChI is InChI=1S/C10H19FO2/c1-3-5-6-7-8-9-12-10(4-2)13-11/h4,10H,2-3,5-9H2,1H3. The highest BCUT2D eigenvalue weighted by atomic mass is 19.3. The highest BCUT2D eigenvalue weighted by Crippen LogP contribution is 2.04. The molecule has 0 amide bonds. The number of unbranched alkanes of at least 4 members (excludes halogenated alkanes) is 4. The first-order valence-electron chi connectivity index (χ1n) is 4.86. The Hall–Kier alpha value is -0.410. The molecule has 0 aliphatic rings. The molecule has 0 rings (SSSR count). The minimum Gasteiger partial charge on any atom is -0.346 e. The van der Waals surface area contributed by atoms with Crippen molar-refractivity contribution in [2.75, 3.05) is 6.61 Å². The van der Waals surface area contributed by atoms with Gasteiger partial charge >= 0.3 is 0 Å². The summed E-state index contributed by atoms with van der Waals surface area (Å²) < 4.78 is 16.6. The van der Waals surface area contributed by atoms with E-state index in [0.717, 1.165) is 12.8 Å². The summed E-state index contributed by atoms with van der Waals surface area (Å²) in [5.74, 6) is 0. The third-order valence-electron chi connectivity index (χ3n) is 1.81. The molecule has 0 saturated carbocycles. The molecule has 13 heavy (non-hydrogen) atoms. The van der Waals surface area contributed by atoms with Gasteiger partial charge in [-0.2, -0.15) is 4.94 Å². The molecule has 78 valence electrons. The number of hydrogen-bond acceptors (Lipinski definition) is 2. The average Bonchev–Trinajstić information content (AvgIpc) is 2.17. The quantitative estimate of drug-likeness (QED) is 0.315. The summed E-state index contributed by atoms with van der Waals surface area (Å²) in [6.45, 7) is 6.07. The Morgan fingerprint density at radius 2 is 2.00 bits per heavy atom. The minimum atomic E-state index is -0.897. The van der Waals surface area contributed by atoms with Crippen molar-refractivity contribution in [2.24, 2.45) is 0 Å². The SMILES string of the molecule is C=CC(OF)OCCCCCCC. The van der Waals surface area contributed by atoms with Crippen LogP contribution in [0.15, 0.2) is 12.7 Å². The van der Waals surface area contributed by atoms with E-state index in [-0.39, 0.29) is 0 Å². The summed E-state index contributed by atoms with van der Waals surface area (Å²) in [6.07, 6.45) is 6.18. The molecular formula is C10H19FO2. The maximum Gasteiger partial charge on any atom is 0.215 e. The van der Waals surface area contributed by atoms with Gasteiger partial charge in [0.15, 0.2) is 0 Å². The van der Waals surface area contributed by atoms with Crippen molar-refractivity contribution in [3.63, 3.8) is 0 Å². The Labute approximate surface area is 79.6 Å². The molecule has 1 atom stereocenters. The lowest BCUT2D eigenvalue weighted by Crippen LogP contribution is -2.10. The first kappa shape index (κ1) is 12.6. The summed E-state index contributed by atoms with van der Waals surface area (Å²) in [7, 11) is 0. The van der Waals surface area contributed by atoms with Gasteiger partial charge in [-0.05, 0) is 17.0 Å². The van der Waals surface area contributed by atoms with Crippen LogP contribution in [0, 0.1) is 0 Å². The molecule has 0 heterocycles. The van der Waals surface area contributed by atoms with E-state index in [2.05, 4.69) is 18.4 Å². The Morgan fingerprint density at radius 3 is 2.54 bits per heavy atom. The van der Waals surface area contributed by atoms with Crippen molar-refractivity contribution in [3.05, 3.63) is 12.7 Å². The second-order valence-electron chi connectivity index (χ2n) is 2.98. The fourth-order valence-corrected chi connectivity index (χ4v) is 1.04. The van der Waals surface area contributed by atoms with Gasteiger partial charge in [-0.1, -0.05) is 39.2 Å². The zero-order chi connectivity index (χ0) is 9.94. The van der Waals surface area contributed by atoms with Crippen LogP contribution < -0.4 is 0 Å². The van der Waals surface area contributed by atoms with Crippen LogP contribution >= 0.6 is 0 Å². The van der Waals surface area contributed by atoms with Gasteiger partial charge in [0, 0.05) is 0 Å². The lowest BCUT2D eigenvalue weighted by Gasteiger charge is -2.07. The molecule has 0 saturated heterocycles. The average molecular weight is 190 g/mol. The van der Waals surface area contributed by atoms with E-state index in [1.165, 1.54) is 25.3 Å². The summed E-state index contributed by atoms with van der Waals surface area (Å²) >= 11 is 0. The Balaban J connectivity index is 3.10. The van der Waals surface area contributed by atoms with Gasteiger partial charge in [-0.15, -0.1) is 0 Å². The number of rotatable bonds is 9. The van der Waals surface area contributed by atoms with Gasteiger partial charge < -0.3 is 4.74 Å². The number of halogens is 1. The zero-order valence-corrected chi connectivity index (χ0v) is 8.30. The molecule has 3 heteroatoms. The van der Waals surface area contributed by atoms with Crippen molar-refractivity contribution in [1.82, 2.24) is 0 Å². The molecule has 0 spiro atoms. The molecule has 0 radical (unpaired) electrons. The van der Waals surface area contributed by atoms with Crippen LogP contribution in [0.2, 0.25) is 0 Å². The highest BCUT2D eigenvalue weighted by Gasteiger charge is 2.02. The van der Waals surface area contributed by atoms with E-state index in [0.29, 0.717) is 6.61 Å². The predicted octanol–water partition coefficient (Wildman–Crippen LogP) is 3.39. The van der Waals surface area contributed by atoms with Crippen LogP contribution in [0.4, 0.5) is 4.53 Å². The molecule has 0 aliphatic heterocycles. The zero-order valence-electron chi connectivity index (χ0n) is 8.30. The van der Waals surface area contributed by atoms with E-state index in [4.69, 9.17) is 4.74 Å². The van der Waals surface area contributed by atoms with Crippen LogP contribution in [0.5, 0.6) is 0 Å². The maximum absolute atomic E-state index is 11.6. The molecule has 0 aliphatic carbocycles. The van der Waals surface area contributed by atoms with Crippen molar-refractivity contribution < 1.29 is 14.2 Å². The molecule has 1 unspecified atom stereocenters. The minimum absolute atomic E-state index is 0.532. The molecule has 2 nitrogen and oxygen atoms in total. The number of ether oxygens (including phenoxy) is 1. The van der Waals surface area contributed by atoms with Gasteiger partial charge in [0.1, 0.15) is 0 Å². The van der Waals surface area contributed by atoms with Crippen LogP contribution in [0.3, 0.4) is 0 Å². The fraction of sp³-hybridized carbons (Fsp3) is 0.800. The summed E-state index contributed by atoms with van der Waals surface area (Å²) in [6, 6.07) is 0. The molecular weight excluding hydrogens is 171 g/mol. The van der Waals surface area contributed by atoms with Gasteiger partial charge in [-0.3, -0.25) is 0 Å². The van der Waals surface area contributed by atoms with Crippen molar-refractivity contribution >= 4 is 0 Å². The first-order chi connectivity index (χ1) is 6.35. The Morgan fingerprint density at radius 1 is 1.31 bits per heavy atom. The molecule has 0 aromatic rings. The van der Waals surface area contributed by atoms with E-state index in [1.54, 1.807) is 0 Å². The molecule has 0 fully saturated rings. The van der Waals surface area contributed by atoms with E-state index in [1.807, 2.05) is 0 Å². The second kappa shape index (κ2) is 9.68. The molecule has 0 bridgehead atoms. The monoisotopic (exact) mass is 190 g/mol. The third kappa shape index (κ3) is 7.94. The summed E-state index contributed by atoms with van der Waals surface area (Å²) in [4.78, 5) is 3.49. The van der Waals surface area contributed by atoms with Crippen LogP contribution in [0.1, 0.15) is 39.0 Å². The lowest BCUT2D eigenvalue weighted by molar-refractivity contribution is -0.253. The topological polar surface area (TPSA) is 18.5 Å². The predicted molar refractivity (Wildman–Crippen MR) is 50.9 cm³/mol. The van der Waals surface area contributed by atoms with E-state index in [9.17, 15) is 4.53 Å². The summed E-state index contributed by atoms with van der Waals surface area (Å²) in [5.41, 5.74) is 0. The lowest BCUT2D eigenvalue weighted by atomic mass is 10.2. The third-order valence-corrected chi connectivity index (χ3v) is 1.81. The fourth-order valence-electron chi connectivity index (χ4n) is 1.04. The number of hydrogen-bond donors (Lipinski definition) is 0. The normalized spacial score (nSPS) is 12.8. The highest BCUT2D eigenvalue weighted by molar-refractivity contribution is 4.70. The van der Waals surface area contributed by atoms with Gasteiger partial charge in [0.05, 0.1) is 6.61 Å². The van der Waals surface area contributed by atoms with E-state index < -0.39 is 6.29 Å². The van der Waals surface area contributed by atoms with Crippen LogP contribution in [-0.4, -0.2) is 12.9 Å². The maximum atomic E-state index is 11.6. The first-order valence-corrected chi connectivity index (χ1v) is 4.86. The van der Waals surface area contributed by atoms with Crippen LogP contribution in [0.25, 0.3) is 0 Å². The Kier molecular flexibility index (Phi) is 9.37. The largest absolute Gasteiger partial charge is 0.346 e. The molecule has 0 N–H and O–H groups in total. The van der Waals surface area contributed by atoms with Gasteiger partial charge in [0.25, 0.3) is 0 Å². The second-order valence-corrected chi connectivity index (χ2v) is 2.98. The van der Waals surface area contributed by atoms with Crippen molar-refractivity contribution in [1.29, 1.82) is 0 Å².